The molecule has 2 aromatic carbocycles. The molecule has 0 fully saturated rings. The summed E-state index contributed by atoms with van der Waals surface area (Å²) in [5.74, 6) is -0.435. The van der Waals surface area contributed by atoms with Crippen LogP contribution in [0.4, 0.5) is 10.1 Å². The summed E-state index contributed by atoms with van der Waals surface area (Å²) in [6.45, 7) is 1.68. The molecule has 0 spiro atoms. The molecule has 1 N–H and O–H groups in total. The third kappa shape index (κ3) is 3.52. The van der Waals surface area contributed by atoms with Crippen LogP contribution in [0.15, 0.2) is 64.9 Å². The first-order valence-electron chi connectivity index (χ1n) is 8.39. The second-order valence-electron chi connectivity index (χ2n) is 6.24. The van der Waals surface area contributed by atoms with Gasteiger partial charge < -0.3 is 9.84 Å². The molecule has 0 aliphatic heterocycles. The van der Waals surface area contributed by atoms with E-state index in [-0.39, 0.29) is 41.7 Å². The monoisotopic (exact) mass is 353 g/mol. The van der Waals surface area contributed by atoms with E-state index < -0.39 is 0 Å². The van der Waals surface area contributed by atoms with Gasteiger partial charge in [-0.25, -0.2) is 9.38 Å². The average Bonchev–Trinajstić information content (AvgIpc) is 2.62. The summed E-state index contributed by atoms with van der Waals surface area (Å²) in [4.78, 5) is 17.1. The molecule has 0 bridgehead atoms. The van der Waals surface area contributed by atoms with Crippen LogP contribution < -0.4 is 4.74 Å². The largest absolute Gasteiger partial charge is 0.511 e. The number of aliphatic imine (C=N–C) groups is 1. The molecule has 5 heteroatoms. The molecule has 0 aromatic heterocycles. The predicted molar refractivity (Wildman–Crippen MR) is 98.8 cm³/mol. The predicted octanol–water partition coefficient (Wildman–Crippen LogP) is 4.89. The van der Waals surface area contributed by atoms with Gasteiger partial charge in [-0.05, 0) is 30.7 Å². The van der Waals surface area contributed by atoms with Crippen molar-refractivity contribution in [1.82, 2.24) is 0 Å². The maximum atomic E-state index is 14.0. The van der Waals surface area contributed by atoms with Crippen molar-refractivity contribution in [2.75, 3.05) is 7.11 Å². The fourth-order valence-electron chi connectivity index (χ4n) is 3.29. The number of Topliss-reactive ketones (excluding diaryl/α,β-unsaturated/α-hetero) is 1. The smallest absolute Gasteiger partial charge is 0.168 e. The minimum atomic E-state index is -0.369. The van der Waals surface area contributed by atoms with E-state index >= 15 is 0 Å². The number of para-hydroxylation sites is 2. The van der Waals surface area contributed by atoms with Gasteiger partial charge in [-0.2, -0.15) is 0 Å². The lowest BCUT2D eigenvalue weighted by Crippen LogP contribution is -2.23. The van der Waals surface area contributed by atoms with Gasteiger partial charge in [0.1, 0.15) is 23.0 Å². The van der Waals surface area contributed by atoms with Crippen LogP contribution in [0.1, 0.15) is 31.2 Å². The normalized spacial score (nSPS) is 18.2. The Balaban J connectivity index is 1.93. The highest BCUT2D eigenvalue weighted by Crippen LogP contribution is 2.36. The summed E-state index contributed by atoms with van der Waals surface area (Å²) >= 11 is 0. The van der Waals surface area contributed by atoms with Gasteiger partial charge in [-0.1, -0.05) is 30.3 Å². The van der Waals surface area contributed by atoms with Crippen molar-refractivity contribution in [2.45, 2.75) is 25.7 Å². The summed E-state index contributed by atoms with van der Waals surface area (Å²) in [6, 6.07) is 13.6. The van der Waals surface area contributed by atoms with Crippen molar-refractivity contribution in [3.63, 3.8) is 0 Å². The first-order valence-corrected chi connectivity index (χ1v) is 8.39. The maximum absolute atomic E-state index is 14.0. The number of rotatable bonds is 4. The van der Waals surface area contributed by atoms with Gasteiger partial charge in [-0.15, -0.1) is 0 Å². The molecule has 2 aromatic rings. The number of ether oxygens (including phenoxy) is 1. The van der Waals surface area contributed by atoms with E-state index in [2.05, 4.69) is 4.99 Å². The molecule has 0 radical (unpaired) electrons. The Bertz CT molecular complexity index is 902. The van der Waals surface area contributed by atoms with E-state index in [4.69, 9.17) is 4.74 Å². The molecule has 0 saturated heterocycles. The minimum absolute atomic E-state index is 0.0503. The standard InChI is InChI=1S/C21H20FNO3/c1-13(23-17-9-5-6-10-20(17)26-2)21-18(24)11-14(12-19(21)25)15-7-3-4-8-16(15)22/h3-10,14,24H,11-12H2,1-2H3. The Morgan fingerprint density at radius 2 is 1.85 bits per heavy atom. The summed E-state index contributed by atoms with van der Waals surface area (Å²) in [6.07, 6.45) is 0.347. The number of halogens is 1. The molecule has 1 aliphatic rings. The van der Waals surface area contributed by atoms with Gasteiger partial charge in [0, 0.05) is 18.8 Å². The van der Waals surface area contributed by atoms with Crippen molar-refractivity contribution >= 4 is 17.2 Å². The second kappa shape index (κ2) is 7.52. The lowest BCUT2D eigenvalue weighted by Gasteiger charge is -2.24. The van der Waals surface area contributed by atoms with Crippen LogP contribution in [0.5, 0.6) is 5.75 Å². The molecule has 0 saturated carbocycles. The van der Waals surface area contributed by atoms with Gasteiger partial charge in [0.25, 0.3) is 0 Å². The maximum Gasteiger partial charge on any atom is 0.168 e. The number of benzene rings is 2. The molecule has 1 aliphatic carbocycles. The van der Waals surface area contributed by atoms with Crippen LogP contribution in [0.2, 0.25) is 0 Å². The first kappa shape index (κ1) is 17.9. The third-order valence-electron chi connectivity index (χ3n) is 4.52. The van der Waals surface area contributed by atoms with Crippen LogP contribution in [0, 0.1) is 5.82 Å². The SMILES string of the molecule is COc1ccccc1N=C(C)C1=C(O)CC(c2ccccc2F)CC1=O. The van der Waals surface area contributed by atoms with E-state index in [1.807, 2.05) is 12.1 Å². The summed E-state index contributed by atoms with van der Waals surface area (Å²) in [5, 5.41) is 10.5. The number of methoxy groups -OCH3 is 1. The van der Waals surface area contributed by atoms with Crippen molar-refractivity contribution < 1.29 is 19.0 Å². The minimum Gasteiger partial charge on any atom is -0.511 e. The van der Waals surface area contributed by atoms with Crippen LogP contribution in [0.25, 0.3) is 0 Å². The van der Waals surface area contributed by atoms with Gasteiger partial charge in [0.15, 0.2) is 5.78 Å². The lowest BCUT2D eigenvalue weighted by atomic mass is 9.81. The highest BCUT2D eigenvalue weighted by Gasteiger charge is 2.31. The zero-order chi connectivity index (χ0) is 18.7. The van der Waals surface area contributed by atoms with Gasteiger partial charge in [0.05, 0.1) is 18.4 Å². The quantitative estimate of drug-likeness (QED) is 0.797. The number of hydrogen-bond donors (Lipinski definition) is 1. The van der Waals surface area contributed by atoms with E-state index in [1.165, 1.54) is 6.07 Å². The van der Waals surface area contributed by atoms with Crippen molar-refractivity contribution in [3.05, 3.63) is 71.2 Å². The molecule has 4 nitrogen and oxygen atoms in total. The van der Waals surface area contributed by atoms with Crippen LogP contribution >= 0.6 is 0 Å². The molecule has 134 valence electrons. The Kier molecular flexibility index (Phi) is 5.16. The first-order chi connectivity index (χ1) is 12.5. The Hall–Kier alpha value is -2.95. The molecule has 1 atom stereocenters. The summed E-state index contributed by atoms with van der Waals surface area (Å²) in [5.41, 5.74) is 1.66. The van der Waals surface area contributed by atoms with E-state index in [1.54, 1.807) is 44.4 Å². The molecule has 0 heterocycles. The fourth-order valence-corrected chi connectivity index (χ4v) is 3.29. The van der Waals surface area contributed by atoms with Crippen LogP contribution in [-0.2, 0) is 4.79 Å². The van der Waals surface area contributed by atoms with Crippen molar-refractivity contribution in [3.8, 4) is 5.75 Å². The molecule has 1 unspecified atom stereocenters. The number of nitrogens with zero attached hydrogens (tertiary/aromatic N) is 1. The second-order valence-corrected chi connectivity index (χ2v) is 6.24. The van der Waals surface area contributed by atoms with Crippen LogP contribution in [0.3, 0.4) is 0 Å². The molecular weight excluding hydrogens is 333 g/mol. The zero-order valence-electron chi connectivity index (χ0n) is 14.7. The number of carbonyl (C=O) groups excluding carboxylic acids is 1. The van der Waals surface area contributed by atoms with Crippen LogP contribution in [-0.4, -0.2) is 23.7 Å². The van der Waals surface area contributed by atoms with E-state index in [9.17, 15) is 14.3 Å². The summed E-state index contributed by atoms with van der Waals surface area (Å²) < 4.78 is 19.3. The van der Waals surface area contributed by atoms with Gasteiger partial charge in [0.2, 0.25) is 0 Å². The Labute approximate surface area is 151 Å². The van der Waals surface area contributed by atoms with Gasteiger partial charge >= 0.3 is 0 Å². The highest BCUT2D eigenvalue weighted by atomic mass is 19.1. The molecule has 26 heavy (non-hydrogen) atoms. The number of hydrogen-bond acceptors (Lipinski definition) is 4. The topological polar surface area (TPSA) is 58.9 Å². The number of carbonyl (C=O) groups is 1. The Morgan fingerprint density at radius 3 is 2.54 bits per heavy atom. The number of allylic oxidation sites excluding steroid dienone is 2. The molecule has 0 amide bonds. The summed E-state index contributed by atoms with van der Waals surface area (Å²) in [7, 11) is 1.55. The highest BCUT2D eigenvalue weighted by molar-refractivity contribution is 6.23. The van der Waals surface area contributed by atoms with Crippen molar-refractivity contribution in [2.24, 2.45) is 4.99 Å². The van der Waals surface area contributed by atoms with E-state index in [0.717, 1.165) is 0 Å². The average molecular weight is 353 g/mol. The lowest BCUT2D eigenvalue weighted by molar-refractivity contribution is -0.116. The molecule has 3 rings (SSSR count). The third-order valence-corrected chi connectivity index (χ3v) is 4.52. The fraction of sp³-hybridized carbons (Fsp3) is 0.238. The number of aliphatic hydroxyl groups excluding tert-OH is 1. The van der Waals surface area contributed by atoms with Gasteiger partial charge in [-0.3, -0.25) is 4.79 Å². The van der Waals surface area contributed by atoms with Crippen molar-refractivity contribution in [1.29, 1.82) is 0 Å². The zero-order valence-corrected chi connectivity index (χ0v) is 14.7. The molecular formula is C21H20FNO3. The number of aliphatic hydroxyl groups is 1. The number of ketones is 1. The Morgan fingerprint density at radius 1 is 1.15 bits per heavy atom. The van der Waals surface area contributed by atoms with E-state index in [0.29, 0.717) is 22.7 Å².